The van der Waals surface area contributed by atoms with Gasteiger partial charge in [-0.3, -0.25) is 4.79 Å². The molecule has 1 atom stereocenters. The highest BCUT2D eigenvalue weighted by Crippen LogP contribution is 2.23. The highest BCUT2D eigenvalue weighted by atomic mass is 16.5. The minimum atomic E-state index is 0.0236. The van der Waals surface area contributed by atoms with Crippen LogP contribution in [0.25, 0.3) is 0 Å². The van der Waals surface area contributed by atoms with Gasteiger partial charge in [0.2, 0.25) is 5.91 Å². The van der Waals surface area contributed by atoms with Gasteiger partial charge in [0, 0.05) is 18.2 Å². The third kappa shape index (κ3) is 5.30. The molecule has 1 amide bonds. The first-order valence-corrected chi connectivity index (χ1v) is 6.67. The predicted octanol–water partition coefficient (Wildman–Crippen LogP) is 2.12. The lowest BCUT2D eigenvalue weighted by molar-refractivity contribution is -0.120. The maximum absolute atomic E-state index is 11.6. The normalized spacial score (nSPS) is 12.3. The molecule has 2 N–H and O–H groups in total. The molecule has 1 rings (SSSR count). The molecule has 0 aliphatic carbocycles. The number of rotatable bonds is 7. The molecule has 19 heavy (non-hydrogen) atoms. The average Bonchev–Trinajstić information content (AvgIpc) is 2.42. The van der Waals surface area contributed by atoms with E-state index in [1.807, 2.05) is 31.2 Å². The van der Waals surface area contributed by atoms with Gasteiger partial charge in [-0.05, 0) is 18.9 Å². The Balaban J connectivity index is 2.46. The molecule has 0 aromatic heterocycles. The number of hydrogen-bond donors (Lipinski definition) is 2. The van der Waals surface area contributed by atoms with E-state index in [0.29, 0.717) is 19.0 Å². The Morgan fingerprint density at radius 1 is 1.26 bits per heavy atom. The number of carbonyl (C=O) groups is 1. The molecule has 0 radical (unpaired) electrons. The fourth-order valence-electron chi connectivity index (χ4n) is 1.76. The molecular weight excluding hydrogens is 240 g/mol. The van der Waals surface area contributed by atoms with Crippen LogP contribution < -0.4 is 15.4 Å². The van der Waals surface area contributed by atoms with Gasteiger partial charge < -0.3 is 15.4 Å². The van der Waals surface area contributed by atoms with Crippen molar-refractivity contribution in [2.45, 2.75) is 26.8 Å². The van der Waals surface area contributed by atoms with E-state index in [1.165, 1.54) is 0 Å². The molecule has 0 unspecified atom stereocenters. The minimum Gasteiger partial charge on any atom is -0.496 e. The van der Waals surface area contributed by atoms with Crippen LogP contribution in [0.1, 0.15) is 32.4 Å². The number of ether oxygens (including phenoxy) is 1. The van der Waals surface area contributed by atoms with Gasteiger partial charge in [0.15, 0.2) is 0 Å². The van der Waals surface area contributed by atoms with Crippen molar-refractivity contribution in [2.24, 2.45) is 5.92 Å². The second kappa shape index (κ2) is 7.79. The van der Waals surface area contributed by atoms with E-state index < -0.39 is 0 Å². The Hall–Kier alpha value is -1.55. The third-order valence-corrected chi connectivity index (χ3v) is 2.88. The summed E-state index contributed by atoms with van der Waals surface area (Å²) >= 11 is 0. The summed E-state index contributed by atoms with van der Waals surface area (Å²) < 4.78 is 5.31. The van der Waals surface area contributed by atoms with Crippen molar-refractivity contribution in [3.8, 4) is 5.75 Å². The molecule has 0 aliphatic heterocycles. The van der Waals surface area contributed by atoms with Gasteiger partial charge in [0.05, 0.1) is 13.7 Å². The van der Waals surface area contributed by atoms with Crippen molar-refractivity contribution < 1.29 is 9.53 Å². The number of hydrogen-bond acceptors (Lipinski definition) is 3. The molecule has 0 spiro atoms. The number of methoxy groups -OCH3 is 1. The smallest absolute Gasteiger partial charge is 0.233 e. The molecule has 0 fully saturated rings. The quantitative estimate of drug-likeness (QED) is 0.793. The molecule has 0 aliphatic rings. The predicted molar refractivity (Wildman–Crippen MR) is 77.3 cm³/mol. The van der Waals surface area contributed by atoms with Crippen molar-refractivity contribution in [3.05, 3.63) is 29.8 Å². The van der Waals surface area contributed by atoms with Gasteiger partial charge in [-0.15, -0.1) is 0 Å². The number of nitrogens with one attached hydrogen (secondary N) is 2. The molecular formula is C15H24N2O2. The van der Waals surface area contributed by atoms with Crippen molar-refractivity contribution in [1.82, 2.24) is 10.6 Å². The number of amides is 1. The summed E-state index contributed by atoms with van der Waals surface area (Å²) in [4.78, 5) is 11.6. The molecule has 1 aromatic rings. The van der Waals surface area contributed by atoms with Crippen LogP contribution in [0, 0.1) is 5.92 Å². The second-order valence-electron chi connectivity index (χ2n) is 5.04. The summed E-state index contributed by atoms with van der Waals surface area (Å²) in [5.74, 6) is 1.33. The van der Waals surface area contributed by atoms with Gasteiger partial charge in [-0.25, -0.2) is 0 Å². The Morgan fingerprint density at radius 2 is 1.95 bits per heavy atom. The maximum atomic E-state index is 11.6. The Labute approximate surface area is 115 Å². The Kier molecular flexibility index (Phi) is 6.36. The zero-order valence-corrected chi connectivity index (χ0v) is 12.2. The molecule has 0 saturated heterocycles. The van der Waals surface area contributed by atoms with Crippen LogP contribution in [0.3, 0.4) is 0 Å². The summed E-state index contributed by atoms with van der Waals surface area (Å²) in [6.45, 7) is 7.19. The summed E-state index contributed by atoms with van der Waals surface area (Å²) in [5.41, 5.74) is 1.06. The van der Waals surface area contributed by atoms with Crippen LogP contribution in [-0.4, -0.2) is 26.1 Å². The largest absolute Gasteiger partial charge is 0.496 e. The van der Waals surface area contributed by atoms with Crippen molar-refractivity contribution >= 4 is 5.91 Å². The monoisotopic (exact) mass is 264 g/mol. The third-order valence-electron chi connectivity index (χ3n) is 2.88. The van der Waals surface area contributed by atoms with Gasteiger partial charge in [-0.2, -0.15) is 0 Å². The molecule has 0 heterocycles. The van der Waals surface area contributed by atoms with E-state index in [1.54, 1.807) is 7.11 Å². The molecule has 0 saturated carbocycles. The first-order valence-electron chi connectivity index (χ1n) is 6.67. The van der Waals surface area contributed by atoms with E-state index >= 15 is 0 Å². The molecule has 1 aromatic carbocycles. The van der Waals surface area contributed by atoms with Crippen molar-refractivity contribution in [1.29, 1.82) is 0 Å². The lowest BCUT2D eigenvalue weighted by Crippen LogP contribution is -2.36. The van der Waals surface area contributed by atoms with Crippen LogP contribution in [0.15, 0.2) is 24.3 Å². The van der Waals surface area contributed by atoms with Crippen LogP contribution in [0.5, 0.6) is 5.75 Å². The lowest BCUT2D eigenvalue weighted by atomic mass is 10.1. The van der Waals surface area contributed by atoms with Crippen molar-refractivity contribution in [2.75, 3.05) is 20.2 Å². The van der Waals surface area contributed by atoms with E-state index in [2.05, 4.69) is 24.5 Å². The molecule has 106 valence electrons. The highest BCUT2D eigenvalue weighted by molar-refractivity contribution is 5.78. The Bertz CT molecular complexity index is 405. The number of para-hydroxylation sites is 1. The van der Waals surface area contributed by atoms with E-state index in [-0.39, 0.29) is 11.9 Å². The van der Waals surface area contributed by atoms with E-state index in [4.69, 9.17) is 4.74 Å². The fourth-order valence-corrected chi connectivity index (χ4v) is 1.76. The first kappa shape index (κ1) is 15.5. The van der Waals surface area contributed by atoms with E-state index in [0.717, 1.165) is 11.3 Å². The van der Waals surface area contributed by atoms with Gasteiger partial charge in [-0.1, -0.05) is 32.0 Å². The zero-order valence-electron chi connectivity index (χ0n) is 12.2. The maximum Gasteiger partial charge on any atom is 0.233 e. The van der Waals surface area contributed by atoms with Gasteiger partial charge in [0.1, 0.15) is 5.75 Å². The van der Waals surface area contributed by atoms with Crippen LogP contribution in [-0.2, 0) is 4.79 Å². The minimum absolute atomic E-state index is 0.0236. The number of carbonyl (C=O) groups excluding carboxylic acids is 1. The molecule has 4 heteroatoms. The Morgan fingerprint density at radius 3 is 2.58 bits per heavy atom. The summed E-state index contributed by atoms with van der Waals surface area (Å²) in [6, 6.07) is 7.90. The summed E-state index contributed by atoms with van der Waals surface area (Å²) in [5, 5.41) is 6.09. The topological polar surface area (TPSA) is 50.4 Å². The average molecular weight is 264 g/mol. The first-order chi connectivity index (χ1) is 9.04. The lowest BCUT2D eigenvalue weighted by Gasteiger charge is -2.17. The van der Waals surface area contributed by atoms with Gasteiger partial charge >= 0.3 is 0 Å². The highest BCUT2D eigenvalue weighted by Gasteiger charge is 2.11. The summed E-state index contributed by atoms with van der Waals surface area (Å²) in [7, 11) is 1.65. The summed E-state index contributed by atoms with van der Waals surface area (Å²) in [6.07, 6.45) is 0. The van der Waals surface area contributed by atoms with Crippen LogP contribution >= 0.6 is 0 Å². The van der Waals surface area contributed by atoms with E-state index in [9.17, 15) is 4.79 Å². The fraction of sp³-hybridized carbons (Fsp3) is 0.533. The van der Waals surface area contributed by atoms with Crippen LogP contribution in [0.2, 0.25) is 0 Å². The standard InChI is InChI=1S/C15H24N2O2/c1-11(2)9-17-15(18)10-16-12(3)13-7-5-6-8-14(13)19-4/h5-8,11-12,16H,9-10H2,1-4H3,(H,17,18)/t12-/m1/s1. The SMILES string of the molecule is COc1ccccc1[C@@H](C)NCC(=O)NCC(C)C. The zero-order chi connectivity index (χ0) is 14.3. The molecule has 4 nitrogen and oxygen atoms in total. The number of benzene rings is 1. The van der Waals surface area contributed by atoms with Crippen LogP contribution in [0.4, 0.5) is 0 Å². The molecule has 0 bridgehead atoms. The second-order valence-corrected chi connectivity index (χ2v) is 5.04. The van der Waals surface area contributed by atoms with Crippen molar-refractivity contribution in [3.63, 3.8) is 0 Å². The van der Waals surface area contributed by atoms with Gasteiger partial charge in [0.25, 0.3) is 0 Å².